The Hall–Kier alpha value is -3.18. The lowest BCUT2D eigenvalue weighted by Gasteiger charge is -2.34. The third-order valence-electron chi connectivity index (χ3n) is 5.41. The smallest absolute Gasteiger partial charge is 0.475 e. The normalized spacial score (nSPS) is 15.6. The largest absolute Gasteiger partial charge is 0.490 e. The van der Waals surface area contributed by atoms with Gasteiger partial charge in [0.1, 0.15) is 0 Å². The fraction of sp³-hybridized carbons (Fsp3) is 0.476. The van der Waals surface area contributed by atoms with Crippen LogP contribution in [0.3, 0.4) is 0 Å². The Labute approximate surface area is 208 Å². The quantitative estimate of drug-likeness (QED) is 0.476. The maximum absolute atomic E-state index is 13.0. The first-order valence-corrected chi connectivity index (χ1v) is 10.6. The van der Waals surface area contributed by atoms with Gasteiger partial charge in [0, 0.05) is 56.2 Å². The van der Waals surface area contributed by atoms with E-state index in [9.17, 15) is 44.6 Å². The number of aliphatic hydroxyl groups is 2. The topological polar surface area (TPSA) is 110 Å². The van der Waals surface area contributed by atoms with Crippen LogP contribution in [0.1, 0.15) is 5.56 Å². The van der Waals surface area contributed by atoms with Gasteiger partial charge in [-0.25, -0.2) is 14.8 Å². The van der Waals surface area contributed by atoms with Crippen molar-refractivity contribution < 1.29 is 59.6 Å². The molecule has 0 spiro atoms. The van der Waals surface area contributed by atoms with Gasteiger partial charge in [0.15, 0.2) is 0 Å². The van der Waals surface area contributed by atoms with E-state index in [1.54, 1.807) is 0 Å². The van der Waals surface area contributed by atoms with Crippen LogP contribution in [-0.4, -0.2) is 94.0 Å². The van der Waals surface area contributed by atoms with Crippen LogP contribution in [0.4, 0.5) is 45.5 Å². The fourth-order valence-electron chi connectivity index (χ4n) is 3.34. The predicted molar refractivity (Wildman–Crippen MR) is 113 cm³/mol. The Bertz CT molecular complexity index is 1040. The van der Waals surface area contributed by atoms with E-state index in [-0.39, 0.29) is 6.61 Å². The second-order valence-electron chi connectivity index (χ2n) is 7.91. The summed E-state index contributed by atoms with van der Waals surface area (Å²) >= 11 is 0. The molecule has 1 aliphatic heterocycles. The summed E-state index contributed by atoms with van der Waals surface area (Å²) in [6, 6.07) is 3.27. The molecule has 212 valence electrons. The maximum atomic E-state index is 13.0. The second kappa shape index (κ2) is 11.7. The molecule has 1 aliphatic rings. The van der Waals surface area contributed by atoms with Crippen LogP contribution >= 0.6 is 0 Å². The van der Waals surface area contributed by atoms with Gasteiger partial charge in [-0.1, -0.05) is 24.3 Å². The molecule has 2 heterocycles. The average molecular weight is 564 g/mol. The van der Waals surface area contributed by atoms with Crippen molar-refractivity contribution in [2.24, 2.45) is 0 Å². The average Bonchev–Trinajstić information content (AvgIpc) is 2.83. The molecule has 0 amide bonds. The zero-order chi connectivity index (χ0) is 28.9. The lowest BCUT2D eigenvalue weighted by molar-refractivity contribution is -0.376. The number of aromatic nitrogens is 2. The van der Waals surface area contributed by atoms with Gasteiger partial charge in [0.2, 0.25) is 5.95 Å². The van der Waals surface area contributed by atoms with Crippen LogP contribution in [0.25, 0.3) is 11.1 Å². The number of nitrogens with zero attached hydrogens (tertiary/aromatic N) is 4. The Balaban J connectivity index is 0.000000638. The molecule has 0 unspecified atom stereocenters. The highest BCUT2D eigenvalue weighted by molar-refractivity contribution is 5.73. The van der Waals surface area contributed by atoms with Crippen LogP contribution in [0, 0.1) is 0 Å². The summed E-state index contributed by atoms with van der Waals surface area (Å²) in [5.41, 5.74) is -5.59. The predicted octanol–water partition coefficient (Wildman–Crippen LogP) is 3.20. The molecular formula is C21H21F9N4O4. The van der Waals surface area contributed by atoms with Gasteiger partial charge in [-0.05, 0) is 5.56 Å². The van der Waals surface area contributed by atoms with Gasteiger partial charge in [0.25, 0.3) is 5.60 Å². The highest BCUT2D eigenvalue weighted by Gasteiger charge is 2.71. The van der Waals surface area contributed by atoms with E-state index in [0.717, 1.165) is 25.2 Å². The van der Waals surface area contributed by atoms with Gasteiger partial charge in [-0.3, -0.25) is 4.90 Å². The first kappa shape index (κ1) is 31.0. The van der Waals surface area contributed by atoms with Crippen LogP contribution in [0.5, 0.6) is 0 Å². The first-order chi connectivity index (χ1) is 17.4. The first-order valence-electron chi connectivity index (χ1n) is 10.6. The summed E-state index contributed by atoms with van der Waals surface area (Å²) in [7, 11) is 0. The number of anilines is 1. The lowest BCUT2D eigenvalue weighted by atomic mass is 9.91. The molecule has 0 saturated carbocycles. The zero-order valence-corrected chi connectivity index (χ0v) is 19.1. The Morgan fingerprint density at radius 1 is 0.816 bits per heavy atom. The van der Waals surface area contributed by atoms with Crippen molar-refractivity contribution in [3.63, 3.8) is 0 Å². The maximum Gasteiger partial charge on any atom is 0.490 e. The van der Waals surface area contributed by atoms with Gasteiger partial charge < -0.3 is 20.2 Å². The summed E-state index contributed by atoms with van der Waals surface area (Å²) in [5.74, 6) is -2.31. The Morgan fingerprint density at radius 2 is 1.26 bits per heavy atom. The van der Waals surface area contributed by atoms with Crippen LogP contribution < -0.4 is 4.90 Å². The van der Waals surface area contributed by atoms with E-state index in [4.69, 9.17) is 15.0 Å². The van der Waals surface area contributed by atoms with Crippen molar-refractivity contribution in [1.29, 1.82) is 0 Å². The van der Waals surface area contributed by atoms with Crippen LogP contribution in [-0.2, 0) is 10.4 Å². The third-order valence-corrected chi connectivity index (χ3v) is 5.41. The standard InChI is InChI=1S/C19H20F6N4O2.C2HF3O2/c20-18(21,22)17(31,19(23,24)25)15-3-1-13(2-4-15)14-11-26-16(27-12-14)29-7-5-28(6-8-29)9-10-30;3-2(4,5)1(6)7/h1-4,11-12,30-31H,5-10H2;(H,6,7). The molecule has 1 aromatic heterocycles. The summed E-state index contributed by atoms with van der Waals surface area (Å²) in [4.78, 5) is 21.4. The molecular weight excluding hydrogens is 543 g/mol. The molecule has 2 aromatic rings. The molecule has 3 N–H and O–H groups in total. The summed E-state index contributed by atoms with van der Waals surface area (Å²) in [5, 5.41) is 25.6. The number of rotatable bonds is 5. The van der Waals surface area contributed by atoms with Crippen molar-refractivity contribution in [2.75, 3.05) is 44.2 Å². The molecule has 38 heavy (non-hydrogen) atoms. The highest BCUT2D eigenvalue weighted by atomic mass is 19.4. The molecule has 0 atom stereocenters. The SMILES string of the molecule is O=C(O)C(F)(F)F.OCCN1CCN(c2ncc(-c3ccc(C(O)(C(F)(F)F)C(F)(F)F)cc3)cn2)CC1. The fourth-order valence-corrected chi connectivity index (χ4v) is 3.34. The van der Waals surface area contributed by atoms with E-state index in [1.807, 2.05) is 4.90 Å². The number of hydrogen-bond acceptors (Lipinski definition) is 7. The molecule has 1 aromatic carbocycles. The van der Waals surface area contributed by atoms with Crippen molar-refractivity contribution in [1.82, 2.24) is 14.9 Å². The Morgan fingerprint density at radius 3 is 1.63 bits per heavy atom. The van der Waals surface area contributed by atoms with Gasteiger partial charge in [-0.2, -0.15) is 39.5 Å². The number of piperazine rings is 1. The van der Waals surface area contributed by atoms with Crippen molar-refractivity contribution in [2.45, 2.75) is 24.1 Å². The number of carboxylic acid groups (broad SMARTS) is 1. The number of alkyl halides is 9. The van der Waals surface area contributed by atoms with E-state index >= 15 is 0 Å². The molecule has 1 saturated heterocycles. The van der Waals surface area contributed by atoms with Gasteiger partial charge in [0.05, 0.1) is 6.61 Å². The van der Waals surface area contributed by atoms with E-state index in [0.29, 0.717) is 48.8 Å². The second-order valence-corrected chi connectivity index (χ2v) is 7.91. The number of carbonyl (C=O) groups is 1. The molecule has 1 fully saturated rings. The van der Waals surface area contributed by atoms with Gasteiger partial charge in [-0.15, -0.1) is 0 Å². The molecule has 3 rings (SSSR count). The summed E-state index contributed by atoms with van der Waals surface area (Å²) in [6.07, 6.45) is -14.1. The number of aliphatic hydroxyl groups excluding tert-OH is 1. The number of hydrogen-bond donors (Lipinski definition) is 3. The van der Waals surface area contributed by atoms with Crippen molar-refractivity contribution >= 4 is 11.9 Å². The minimum Gasteiger partial charge on any atom is -0.475 e. The highest BCUT2D eigenvalue weighted by Crippen LogP contribution is 2.50. The molecule has 0 bridgehead atoms. The number of β-amino-alcohol motifs (C(OH)–C–C–N with tert-alkyl or cyclic N) is 1. The molecule has 0 radical (unpaired) electrons. The number of halogens is 9. The van der Waals surface area contributed by atoms with Crippen molar-refractivity contribution in [3.8, 4) is 11.1 Å². The number of benzene rings is 1. The monoisotopic (exact) mass is 564 g/mol. The van der Waals surface area contributed by atoms with Gasteiger partial charge >= 0.3 is 24.5 Å². The summed E-state index contributed by atoms with van der Waals surface area (Å²) < 4.78 is 110. The lowest BCUT2D eigenvalue weighted by Crippen LogP contribution is -2.53. The van der Waals surface area contributed by atoms with E-state index in [2.05, 4.69) is 14.9 Å². The molecule has 17 heteroatoms. The number of carboxylic acids is 1. The van der Waals surface area contributed by atoms with Crippen LogP contribution in [0.2, 0.25) is 0 Å². The minimum absolute atomic E-state index is 0.0767. The van der Waals surface area contributed by atoms with E-state index < -0.39 is 35.7 Å². The molecule has 8 nitrogen and oxygen atoms in total. The summed E-state index contributed by atoms with van der Waals surface area (Å²) in [6.45, 7) is 3.43. The van der Waals surface area contributed by atoms with E-state index in [1.165, 1.54) is 12.4 Å². The minimum atomic E-state index is -5.93. The Kier molecular flexibility index (Phi) is 9.55. The third kappa shape index (κ3) is 7.22. The zero-order valence-electron chi connectivity index (χ0n) is 19.1. The number of aliphatic carboxylic acids is 1. The van der Waals surface area contributed by atoms with Crippen molar-refractivity contribution in [3.05, 3.63) is 42.2 Å². The molecule has 0 aliphatic carbocycles. The van der Waals surface area contributed by atoms with Crippen LogP contribution in [0.15, 0.2) is 36.7 Å².